The number of oxazole rings is 1. The molecule has 6 rings (SSSR count). The summed E-state index contributed by atoms with van der Waals surface area (Å²) in [6, 6.07) is 18.5. The van der Waals surface area contributed by atoms with Crippen molar-refractivity contribution < 1.29 is 23.5 Å². The first-order chi connectivity index (χ1) is 20.4. The van der Waals surface area contributed by atoms with E-state index in [1.54, 1.807) is 31.3 Å². The molecule has 4 aromatic rings. The quantitative estimate of drug-likeness (QED) is 0.153. The minimum Gasteiger partial charge on any atom is -0.436 e. The van der Waals surface area contributed by atoms with Crippen LogP contribution in [0.25, 0.3) is 22.6 Å². The Balaban J connectivity index is 1.21. The summed E-state index contributed by atoms with van der Waals surface area (Å²) >= 11 is 0. The van der Waals surface area contributed by atoms with E-state index in [1.807, 2.05) is 23.1 Å². The molecule has 42 heavy (non-hydrogen) atoms. The van der Waals surface area contributed by atoms with Crippen LogP contribution in [0.4, 0.5) is 15.0 Å². The molecule has 2 amide bonds. The average molecular weight is 572 g/mol. The van der Waals surface area contributed by atoms with Crippen molar-refractivity contribution in [3.05, 3.63) is 78.1 Å². The molecule has 2 aromatic heterocycles. The van der Waals surface area contributed by atoms with Crippen LogP contribution in [0.5, 0.6) is 0 Å². The van der Waals surface area contributed by atoms with Crippen molar-refractivity contribution in [1.82, 2.24) is 20.3 Å². The third kappa shape index (κ3) is 5.47. The number of hydrazone groups is 1. The van der Waals surface area contributed by atoms with Crippen LogP contribution in [0.1, 0.15) is 54.7 Å². The second-order valence-corrected chi connectivity index (χ2v) is 10.7. The van der Waals surface area contributed by atoms with Gasteiger partial charge < -0.3 is 20.5 Å². The van der Waals surface area contributed by atoms with Crippen LogP contribution in [0.3, 0.4) is 0 Å². The van der Waals surface area contributed by atoms with Gasteiger partial charge in [-0.05, 0) is 74.4 Å². The maximum atomic E-state index is 13.8. The van der Waals surface area contributed by atoms with Gasteiger partial charge in [-0.2, -0.15) is 5.10 Å². The Labute approximate surface area is 240 Å². The number of carbonyl (C=O) groups excluding carboxylic acids is 2. The first-order valence-electron chi connectivity index (χ1n) is 13.8. The molecule has 2 fully saturated rings. The number of amides is 2. The van der Waals surface area contributed by atoms with Crippen molar-refractivity contribution >= 4 is 34.6 Å². The van der Waals surface area contributed by atoms with Gasteiger partial charge in [0.25, 0.3) is 5.91 Å². The number of anilines is 1. The summed E-state index contributed by atoms with van der Waals surface area (Å²) in [6.07, 6.45) is 3.88. The smallest absolute Gasteiger partial charge is 0.436 e. The number of hydrogen-bond donors (Lipinski definition) is 3. The number of benzene rings is 2. The predicted molar refractivity (Wildman–Crippen MR) is 154 cm³/mol. The number of nitrogens with two attached hydrogens (primary N) is 1. The summed E-state index contributed by atoms with van der Waals surface area (Å²) < 4.78 is 18.0. The molecule has 2 aliphatic rings. The molecule has 4 N–H and O–H groups in total. The van der Waals surface area contributed by atoms with Crippen LogP contribution in [-0.2, 0) is 4.94 Å². The lowest BCUT2D eigenvalue weighted by Gasteiger charge is -2.41. The molecular formula is C30H30FN7O4. The van der Waals surface area contributed by atoms with Crippen LogP contribution >= 0.6 is 0 Å². The lowest BCUT2D eigenvalue weighted by Crippen LogP contribution is -2.48. The number of nitrogens with one attached hydrogen (secondary N) is 2. The van der Waals surface area contributed by atoms with Gasteiger partial charge in [-0.1, -0.05) is 30.3 Å². The Morgan fingerprint density at radius 1 is 1.12 bits per heavy atom. The highest BCUT2D eigenvalue weighted by molar-refractivity contribution is 5.94. The topological polar surface area (TPSA) is 148 Å². The summed E-state index contributed by atoms with van der Waals surface area (Å²) in [4.78, 5) is 39.1. The number of amidine groups is 1. The summed E-state index contributed by atoms with van der Waals surface area (Å²) in [6.45, 7) is 1.75. The van der Waals surface area contributed by atoms with E-state index in [9.17, 15) is 14.1 Å². The summed E-state index contributed by atoms with van der Waals surface area (Å²) in [7, 11) is 0. The van der Waals surface area contributed by atoms with Crippen molar-refractivity contribution in [3.63, 3.8) is 0 Å². The lowest BCUT2D eigenvalue weighted by molar-refractivity contribution is -0.0544. The van der Waals surface area contributed by atoms with Gasteiger partial charge in [-0.15, -0.1) is 0 Å². The van der Waals surface area contributed by atoms with E-state index in [2.05, 4.69) is 42.9 Å². The molecular weight excluding hydrogens is 541 g/mol. The van der Waals surface area contributed by atoms with Crippen molar-refractivity contribution in [2.75, 3.05) is 5.32 Å². The fraction of sp³-hybridized carbons (Fsp3) is 0.300. The number of piperidine rings is 1. The van der Waals surface area contributed by atoms with Crippen LogP contribution in [-0.4, -0.2) is 44.8 Å². The molecule has 2 aromatic carbocycles. The highest BCUT2D eigenvalue weighted by Crippen LogP contribution is 2.44. The molecule has 0 spiro atoms. The molecule has 0 aliphatic carbocycles. The van der Waals surface area contributed by atoms with E-state index in [0.29, 0.717) is 39.8 Å². The average Bonchev–Trinajstić information content (AvgIpc) is 3.54. The zero-order valence-electron chi connectivity index (χ0n) is 22.9. The van der Waals surface area contributed by atoms with Gasteiger partial charge in [0.15, 0.2) is 5.58 Å². The van der Waals surface area contributed by atoms with Gasteiger partial charge in [0.05, 0.1) is 6.04 Å². The van der Waals surface area contributed by atoms with Crippen molar-refractivity contribution in [1.29, 1.82) is 0 Å². The van der Waals surface area contributed by atoms with E-state index in [-0.39, 0.29) is 30.0 Å². The molecule has 12 heteroatoms. The van der Waals surface area contributed by atoms with Gasteiger partial charge in [0, 0.05) is 34.1 Å². The highest BCUT2D eigenvalue weighted by atomic mass is 19.3. The molecule has 2 saturated heterocycles. The third-order valence-electron chi connectivity index (χ3n) is 7.94. The molecule has 2 bridgehead atoms. The molecule has 0 radical (unpaired) electrons. The number of pyridine rings is 1. The molecule has 3 atom stereocenters. The maximum absolute atomic E-state index is 13.8. The molecule has 216 valence electrons. The second kappa shape index (κ2) is 11.5. The minimum absolute atomic E-state index is 0.0102. The number of rotatable bonds is 7. The first kappa shape index (κ1) is 27.2. The van der Waals surface area contributed by atoms with E-state index >= 15 is 0 Å². The Hall–Kier alpha value is -5.00. The standard InChI is InChI=1S/C30H30FN7O4/c1-17(32)36-37-27(18-5-3-2-4-6-18)20-13-22-8-9-23(14-20)38(22)29(39)25-15-19(11-12-33-25)28-35-24-16-21(34-30(40)42-31)7-10-26(24)41-28/h2-7,10-12,15-16,20,22-23,27,37H,8-9,13-14H2,1H3,(H2,32,36)(H,34,40). The van der Waals surface area contributed by atoms with Crippen molar-refractivity contribution in [2.45, 2.75) is 50.7 Å². The number of aromatic nitrogens is 2. The van der Waals surface area contributed by atoms with E-state index < -0.39 is 6.09 Å². The molecule has 3 unspecified atom stereocenters. The summed E-state index contributed by atoms with van der Waals surface area (Å²) in [5.41, 5.74) is 12.4. The minimum atomic E-state index is -1.24. The van der Waals surface area contributed by atoms with Gasteiger partial charge in [0.2, 0.25) is 5.89 Å². The second-order valence-electron chi connectivity index (χ2n) is 10.7. The fourth-order valence-corrected chi connectivity index (χ4v) is 6.19. The number of hydrogen-bond acceptors (Lipinski definition) is 8. The molecule has 11 nitrogen and oxygen atoms in total. The Kier molecular flexibility index (Phi) is 7.43. The lowest BCUT2D eigenvalue weighted by atomic mass is 9.82. The predicted octanol–water partition coefficient (Wildman–Crippen LogP) is 5.33. The van der Waals surface area contributed by atoms with Gasteiger partial charge >= 0.3 is 6.09 Å². The molecule has 0 saturated carbocycles. The first-order valence-corrected chi connectivity index (χ1v) is 13.8. The van der Waals surface area contributed by atoms with E-state index in [1.165, 1.54) is 12.1 Å². The summed E-state index contributed by atoms with van der Waals surface area (Å²) in [5, 5.41) is 6.57. The maximum Gasteiger partial charge on any atom is 0.449 e. The van der Waals surface area contributed by atoms with Crippen molar-refractivity contribution in [2.24, 2.45) is 16.8 Å². The van der Waals surface area contributed by atoms with Crippen molar-refractivity contribution in [3.8, 4) is 11.5 Å². The van der Waals surface area contributed by atoms with Gasteiger partial charge in [0.1, 0.15) is 17.0 Å². The van der Waals surface area contributed by atoms with Gasteiger partial charge in [-0.3, -0.25) is 15.1 Å². The molecule has 2 aliphatic heterocycles. The normalized spacial score (nSPS) is 20.8. The Bertz CT molecular complexity index is 1630. The Morgan fingerprint density at radius 2 is 1.88 bits per heavy atom. The largest absolute Gasteiger partial charge is 0.449 e. The zero-order valence-corrected chi connectivity index (χ0v) is 22.9. The zero-order chi connectivity index (χ0) is 29.2. The number of fused-ring (bicyclic) bond motifs is 3. The fourth-order valence-electron chi connectivity index (χ4n) is 6.19. The highest BCUT2D eigenvalue weighted by Gasteiger charge is 2.46. The Morgan fingerprint density at radius 3 is 2.60 bits per heavy atom. The number of carbonyl (C=O) groups is 2. The number of halogens is 1. The van der Waals surface area contributed by atoms with Crippen LogP contribution in [0.2, 0.25) is 0 Å². The van der Waals surface area contributed by atoms with Crippen LogP contribution < -0.4 is 16.5 Å². The monoisotopic (exact) mass is 571 g/mol. The van der Waals surface area contributed by atoms with E-state index in [0.717, 1.165) is 31.2 Å². The number of nitrogens with zero attached hydrogens (tertiary/aromatic N) is 4. The molecule has 4 heterocycles. The van der Waals surface area contributed by atoms with Gasteiger partial charge in [-0.25, -0.2) is 14.7 Å². The van der Waals surface area contributed by atoms with Crippen LogP contribution in [0.15, 0.2) is 76.4 Å². The SMILES string of the molecule is C/C(N)=N/NC(c1ccccc1)C1CC2CCC(C1)N2C(=O)c1cc(-c2nc3cc(NC(=O)OF)ccc3o2)ccn1. The summed E-state index contributed by atoms with van der Waals surface area (Å²) in [5.74, 6) is 0.924. The van der Waals surface area contributed by atoms with Crippen LogP contribution in [0, 0.1) is 5.92 Å². The van der Waals surface area contributed by atoms with E-state index in [4.69, 9.17) is 10.2 Å². The third-order valence-corrected chi connectivity index (χ3v) is 7.94.